The number of halogens is 1. The van der Waals surface area contributed by atoms with Gasteiger partial charge in [-0.05, 0) is 55.7 Å². The van der Waals surface area contributed by atoms with Gasteiger partial charge in [-0.2, -0.15) is 0 Å². The van der Waals surface area contributed by atoms with Crippen LogP contribution < -0.4 is 10.6 Å². The summed E-state index contributed by atoms with van der Waals surface area (Å²) in [4.78, 5) is 29.0. The molecule has 1 heterocycles. The van der Waals surface area contributed by atoms with Gasteiger partial charge in [-0.1, -0.05) is 24.3 Å². The van der Waals surface area contributed by atoms with Crippen LogP contribution in [0.25, 0.3) is 10.9 Å². The Balaban J connectivity index is 1.53. The van der Waals surface area contributed by atoms with Crippen LogP contribution in [0.1, 0.15) is 32.7 Å². The molecular weight excluding hydrogens is 369 g/mol. The second-order valence-corrected chi connectivity index (χ2v) is 7.06. The van der Waals surface area contributed by atoms with Crippen LogP contribution in [0.3, 0.4) is 0 Å². The number of rotatable bonds is 6. The van der Waals surface area contributed by atoms with E-state index in [-0.39, 0.29) is 36.9 Å². The maximum Gasteiger partial charge on any atom is 0.251 e. The average molecular weight is 393 g/mol. The molecule has 2 N–H and O–H groups in total. The molecule has 0 fully saturated rings. The first kappa shape index (κ1) is 20.5. The number of pyridine rings is 1. The van der Waals surface area contributed by atoms with E-state index < -0.39 is 5.82 Å². The van der Waals surface area contributed by atoms with E-state index in [1.54, 1.807) is 19.1 Å². The van der Waals surface area contributed by atoms with Crippen molar-refractivity contribution in [2.24, 2.45) is 0 Å². The number of hydrogen-bond acceptors (Lipinski definition) is 3. The number of benzene rings is 2. The maximum absolute atomic E-state index is 13.6. The molecule has 1 aromatic heterocycles. The topological polar surface area (TPSA) is 71.1 Å². The molecule has 0 spiro atoms. The van der Waals surface area contributed by atoms with E-state index in [0.717, 1.165) is 27.7 Å². The summed E-state index contributed by atoms with van der Waals surface area (Å²) >= 11 is 0. The van der Waals surface area contributed by atoms with Crippen molar-refractivity contribution >= 4 is 22.7 Å². The van der Waals surface area contributed by atoms with Gasteiger partial charge in [0, 0.05) is 29.7 Å². The Bertz CT molecular complexity index is 1080. The molecular formula is C23H24FN3O2. The van der Waals surface area contributed by atoms with Crippen molar-refractivity contribution < 1.29 is 14.0 Å². The Hall–Kier alpha value is -3.28. The van der Waals surface area contributed by atoms with E-state index in [2.05, 4.69) is 15.6 Å². The van der Waals surface area contributed by atoms with Crippen molar-refractivity contribution in [3.8, 4) is 0 Å². The van der Waals surface area contributed by atoms with Gasteiger partial charge < -0.3 is 10.6 Å². The van der Waals surface area contributed by atoms with Gasteiger partial charge >= 0.3 is 0 Å². The zero-order valence-corrected chi connectivity index (χ0v) is 16.8. The highest BCUT2D eigenvalue weighted by molar-refractivity contribution is 5.94. The van der Waals surface area contributed by atoms with Gasteiger partial charge in [-0.15, -0.1) is 0 Å². The monoisotopic (exact) mass is 393 g/mol. The normalized spacial score (nSPS) is 10.8. The number of para-hydroxylation sites is 1. The molecule has 0 aliphatic carbocycles. The van der Waals surface area contributed by atoms with E-state index in [4.69, 9.17) is 0 Å². The molecule has 29 heavy (non-hydrogen) atoms. The van der Waals surface area contributed by atoms with Crippen molar-refractivity contribution in [3.63, 3.8) is 0 Å². The summed E-state index contributed by atoms with van der Waals surface area (Å²) in [6.07, 6.45) is 0.229. The molecule has 0 atom stereocenters. The SMILES string of the molecule is Cc1ccc(C(=O)NCCNC(=O)Cc2c(C)nc3ccccc3c2C)cc1F. The zero-order chi connectivity index (χ0) is 21.0. The van der Waals surface area contributed by atoms with Crippen LogP contribution in [0.2, 0.25) is 0 Å². The fourth-order valence-corrected chi connectivity index (χ4v) is 3.27. The van der Waals surface area contributed by atoms with Gasteiger partial charge in [0.15, 0.2) is 0 Å². The summed E-state index contributed by atoms with van der Waals surface area (Å²) in [5, 5.41) is 6.52. The van der Waals surface area contributed by atoms with Crippen LogP contribution in [0.15, 0.2) is 42.5 Å². The van der Waals surface area contributed by atoms with Crippen LogP contribution in [-0.2, 0) is 11.2 Å². The third kappa shape index (κ3) is 4.77. The van der Waals surface area contributed by atoms with Gasteiger partial charge in [-0.25, -0.2) is 4.39 Å². The largest absolute Gasteiger partial charge is 0.354 e. The highest BCUT2D eigenvalue weighted by atomic mass is 19.1. The summed E-state index contributed by atoms with van der Waals surface area (Å²) in [6, 6.07) is 12.2. The van der Waals surface area contributed by atoms with Crippen LogP contribution >= 0.6 is 0 Å². The van der Waals surface area contributed by atoms with Crippen molar-refractivity contribution in [1.82, 2.24) is 15.6 Å². The van der Waals surface area contributed by atoms with Crippen molar-refractivity contribution in [1.29, 1.82) is 0 Å². The maximum atomic E-state index is 13.6. The summed E-state index contributed by atoms with van der Waals surface area (Å²) < 4.78 is 13.6. The number of aryl methyl sites for hydroxylation is 3. The molecule has 0 bridgehead atoms. The number of nitrogens with one attached hydrogen (secondary N) is 2. The molecule has 0 saturated heterocycles. The Labute approximate surface area is 169 Å². The molecule has 6 heteroatoms. The molecule has 0 saturated carbocycles. The van der Waals surface area contributed by atoms with E-state index >= 15 is 0 Å². The van der Waals surface area contributed by atoms with Crippen LogP contribution in [0.4, 0.5) is 4.39 Å². The molecule has 2 aromatic carbocycles. The fraction of sp³-hybridized carbons (Fsp3) is 0.261. The average Bonchev–Trinajstić information content (AvgIpc) is 2.70. The van der Waals surface area contributed by atoms with Crippen molar-refractivity contribution in [3.05, 3.63) is 76.2 Å². The minimum Gasteiger partial charge on any atom is -0.354 e. The molecule has 0 unspecified atom stereocenters. The third-order valence-corrected chi connectivity index (χ3v) is 4.99. The minimum absolute atomic E-state index is 0.135. The molecule has 2 amide bonds. The summed E-state index contributed by atoms with van der Waals surface area (Å²) in [7, 11) is 0. The number of carbonyl (C=O) groups excluding carboxylic acids is 2. The van der Waals surface area contributed by atoms with Crippen LogP contribution in [-0.4, -0.2) is 29.9 Å². The lowest BCUT2D eigenvalue weighted by Crippen LogP contribution is -2.35. The number of nitrogens with zero attached hydrogens (tertiary/aromatic N) is 1. The highest BCUT2D eigenvalue weighted by Crippen LogP contribution is 2.22. The van der Waals surface area contributed by atoms with Gasteiger partial charge in [-0.3, -0.25) is 14.6 Å². The predicted octanol–water partition coefficient (Wildman–Crippen LogP) is 3.39. The lowest BCUT2D eigenvalue weighted by atomic mass is 9.99. The molecule has 0 aliphatic heterocycles. The van der Waals surface area contributed by atoms with E-state index in [9.17, 15) is 14.0 Å². The Kier molecular flexibility index (Phi) is 6.22. The number of amides is 2. The molecule has 3 aromatic rings. The lowest BCUT2D eigenvalue weighted by Gasteiger charge is -2.13. The Morgan fingerprint density at radius 3 is 2.48 bits per heavy atom. The number of hydrogen-bond donors (Lipinski definition) is 2. The predicted molar refractivity (Wildman–Crippen MR) is 111 cm³/mol. The number of aromatic nitrogens is 1. The molecule has 150 valence electrons. The quantitative estimate of drug-likeness (QED) is 0.631. The van der Waals surface area contributed by atoms with Crippen LogP contribution in [0.5, 0.6) is 0 Å². The minimum atomic E-state index is -0.416. The highest BCUT2D eigenvalue weighted by Gasteiger charge is 2.13. The Morgan fingerprint density at radius 2 is 1.72 bits per heavy atom. The van der Waals surface area contributed by atoms with Crippen LogP contribution in [0, 0.1) is 26.6 Å². The smallest absolute Gasteiger partial charge is 0.251 e. The lowest BCUT2D eigenvalue weighted by molar-refractivity contribution is -0.120. The van der Waals surface area contributed by atoms with Gasteiger partial charge in [0.25, 0.3) is 5.91 Å². The second-order valence-electron chi connectivity index (χ2n) is 7.06. The standard InChI is InChI=1S/C23H24FN3O2/c1-14-8-9-17(12-20(14)24)23(29)26-11-10-25-22(28)13-19-15(2)18-6-4-5-7-21(18)27-16(19)3/h4-9,12H,10-11,13H2,1-3H3,(H,25,28)(H,26,29). The first-order chi connectivity index (χ1) is 13.9. The molecule has 0 aliphatic rings. The zero-order valence-electron chi connectivity index (χ0n) is 16.8. The van der Waals surface area contributed by atoms with E-state index in [0.29, 0.717) is 5.56 Å². The summed E-state index contributed by atoms with van der Waals surface area (Å²) in [5.41, 5.74) is 4.47. The van der Waals surface area contributed by atoms with Gasteiger partial charge in [0.05, 0.1) is 11.9 Å². The summed E-state index contributed by atoms with van der Waals surface area (Å²) in [6.45, 7) is 6.09. The van der Waals surface area contributed by atoms with E-state index in [1.165, 1.54) is 6.07 Å². The fourth-order valence-electron chi connectivity index (χ4n) is 3.27. The first-order valence-corrected chi connectivity index (χ1v) is 9.52. The summed E-state index contributed by atoms with van der Waals surface area (Å²) in [5.74, 6) is -0.923. The van der Waals surface area contributed by atoms with Crippen molar-refractivity contribution in [2.45, 2.75) is 27.2 Å². The van der Waals surface area contributed by atoms with Crippen molar-refractivity contribution in [2.75, 3.05) is 13.1 Å². The third-order valence-electron chi connectivity index (χ3n) is 4.99. The molecule has 5 nitrogen and oxygen atoms in total. The Morgan fingerprint density at radius 1 is 1.00 bits per heavy atom. The number of fused-ring (bicyclic) bond motifs is 1. The number of carbonyl (C=O) groups is 2. The second kappa shape index (κ2) is 8.82. The van der Waals surface area contributed by atoms with Gasteiger partial charge in [0.2, 0.25) is 5.91 Å². The molecule has 3 rings (SSSR count). The molecule has 0 radical (unpaired) electrons. The first-order valence-electron chi connectivity index (χ1n) is 9.52. The van der Waals surface area contributed by atoms with E-state index in [1.807, 2.05) is 38.1 Å². The van der Waals surface area contributed by atoms with Gasteiger partial charge in [0.1, 0.15) is 5.82 Å².